The van der Waals surface area contributed by atoms with E-state index in [1.165, 1.54) is 103 Å². The molecule has 8 atom stereocenters. The van der Waals surface area contributed by atoms with E-state index in [0.717, 1.165) is 61.2 Å². The predicted molar refractivity (Wildman–Crippen MR) is 187 cm³/mol. The summed E-state index contributed by atoms with van der Waals surface area (Å²) in [7, 11) is -4.48. The molecule has 0 radical (unpaired) electrons. The summed E-state index contributed by atoms with van der Waals surface area (Å²) in [5, 5.41) is 10.2. The number of aliphatic hydroxyl groups excluding tert-OH is 1. The Morgan fingerprint density at radius 3 is 2.11 bits per heavy atom. The number of fused-ring (bicyclic) bond motifs is 5. The van der Waals surface area contributed by atoms with Crippen LogP contribution in [-0.2, 0) is 14.6 Å². The topological polar surface area (TPSA) is 86.7 Å². The Bertz CT molecular complexity index is 998. The van der Waals surface area contributed by atoms with Crippen molar-refractivity contribution in [2.45, 2.75) is 182 Å². The van der Waals surface area contributed by atoms with Gasteiger partial charge in [-0.05, 0) is 104 Å². The standard InChI is InChI=1S/C27H46O.C12H26O4S.Na/c1-18(2)7-6-8-19(3)23-11-12-24-22-10-9-20-17-21(28)13-15-26(20,4)25(22)14-16-27(23,24)5;1-2-3-4-5-6-7-8-9-10-11-12-16-17(13,14)15;/h9,18-19,21-25,28H,6-8,10-17H2,1-5H3;2-12H2,1H3,(H,13,14,15);/q;;+1/p-1/t19?,21-,22-,23+,24-,25-,26-,27+;;/m0../s1. The molecule has 0 heterocycles. The Labute approximate surface area is 307 Å². The van der Waals surface area contributed by atoms with Gasteiger partial charge in [-0.3, -0.25) is 4.18 Å². The van der Waals surface area contributed by atoms with Crippen molar-refractivity contribution in [2.24, 2.45) is 46.3 Å². The third-order valence-electron chi connectivity index (χ3n) is 13.0. The smallest absolute Gasteiger partial charge is 0.726 e. The van der Waals surface area contributed by atoms with Crippen LogP contribution in [0.5, 0.6) is 0 Å². The third kappa shape index (κ3) is 12.4. The number of unbranched alkanes of at least 4 members (excludes halogenated alkanes) is 9. The zero-order valence-electron chi connectivity index (χ0n) is 31.2. The van der Waals surface area contributed by atoms with Gasteiger partial charge in [0.25, 0.3) is 0 Å². The molecular weight excluding hydrogens is 603 g/mol. The van der Waals surface area contributed by atoms with Crippen LogP contribution in [-0.4, -0.2) is 30.8 Å². The number of allylic oxidation sites excluding steroid dienone is 1. The molecule has 4 aliphatic carbocycles. The van der Waals surface area contributed by atoms with Crippen LogP contribution >= 0.6 is 0 Å². The van der Waals surface area contributed by atoms with Crippen LogP contribution in [0, 0.1) is 46.3 Å². The number of aliphatic hydroxyl groups is 1. The van der Waals surface area contributed by atoms with Crippen LogP contribution < -0.4 is 29.6 Å². The van der Waals surface area contributed by atoms with Crippen molar-refractivity contribution in [3.63, 3.8) is 0 Å². The van der Waals surface area contributed by atoms with E-state index in [2.05, 4.69) is 51.8 Å². The minimum absolute atomic E-state index is 0. The molecule has 1 N–H and O–H groups in total. The van der Waals surface area contributed by atoms with Crippen LogP contribution in [0.1, 0.15) is 176 Å². The van der Waals surface area contributed by atoms with E-state index in [0.29, 0.717) is 17.3 Å². The van der Waals surface area contributed by atoms with Crippen molar-refractivity contribution < 1.29 is 51.8 Å². The number of hydrogen-bond donors (Lipinski definition) is 1. The van der Waals surface area contributed by atoms with Gasteiger partial charge in [-0.2, -0.15) is 0 Å². The fraction of sp³-hybridized carbons (Fsp3) is 0.949. The van der Waals surface area contributed by atoms with Gasteiger partial charge in [-0.1, -0.05) is 130 Å². The summed E-state index contributed by atoms with van der Waals surface area (Å²) in [6, 6.07) is 0. The minimum Gasteiger partial charge on any atom is -0.726 e. The van der Waals surface area contributed by atoms with Gasteiger partial charge >= 0.3 is 29.6 Å². The van der Waals surface area contributed by atoms with Crippen LogP contribution in [0.15, 0.2) is 11.6 Å². The Morgan fingerprint density at radius 1 is 0.870 bits per heavy atom. The molecule has 0 amide bonds. The van der Waals surface area contributed by atoms with Gasteiger partial charge in [-0.25, -0.2) is 8.42 Å². The number of rotatable bonds is 17. The fourth-order valence-electron chi connectivity index (χ4n) is 10.4. The molecule has 3 fully saturated rings. The summed E-state index contributed by atoms with van der Waals surface area (Å²) >= 11 is 0. The second kappa shape index (κ2) is 20.4. The van der Waals surface area contributed by atoms with E-state index in [4.69, 9.17) is 0 Å². The molecule has 46 heavy (non-hydrogen) atoms. The van der Waals surface area contributed by atoms with Crippen molar-refractivity contribution in [3.8, 4) is 0 Å². The van der Waals surface area contributed by atoms with Crippen molar-refractivity contribution in [1.29, 1.82) is 0 Å². The van der Waals surface area contributed by atoms with Gasteiger partial charge in [0.2, 0.25) is 10.4 Å². The molecule has 4 rings (SSSR count). The summed E-state index contributed by atoms with van der Waals surface area (Å²) < 4.78 is 34.5. The molecule has 264 valence electrons. The molecule has 0 aromatic rings. The average Bonchev–Trinajstić information content (AvgIpc) is 3.33. The zero-order valence-corrected chi connectivity index (χ0v) is 34.0. The maximum absolute atomic E-state index is 10.2. The van der Waals surface area contributed by atoms with E-state index in [1.54, 1.807) is 5.57 Å². The second-order valence-electron chi connectivity index (χ2n) is 16.6. The third-order valence-corrected chi connectivity index (χ3v) is 13.5. The van der Waals surface area contributed by atoms with E-state index in [9.17, 15) is 18.1 Å². The van der Waals surface area contributed by atoms with Crippen LogP contribution in [0.25, 0.3) is 0 Å². The molecule has 0 spiro atoms. The molecule has 0 aliphatic heterocycles. The van der Waals surface area contributed by atoms with Gasteiger partial charge in [0.05, 0.1) is 12.7 Å². The first-order valence-corrected chi connectivity index (χ1v) is 20.6. The summed E-state index contributed by atoms with van der Waals surface area (Å²) in [5.41, 5.74) is 2.60. The first kappa shape index (κ1) is 42.7. The monoisotopic (exact) mass is 674 g/mol. The maximum atomic E-state index is 10.2. The second-order valence-corrected chi connectivity index (χ2v) is 17.7. The maximum Gasteiger partial charge on any atom is 1.00 e. The molecule has 5 nitrogen and oxygen atoms in total. The molecule has 1 unspecified atom stereocenters. The SMILES string of the molecule is CC(C)CCCC(C)[C@H]1CC[C@H]2[C@@H]3CC=C4C[C@@H](O)CC[C@]4(C)[C@H]3CC[C@]12C.CCCCCCCCCCCCOS(=O)(=O)[O-].[Na+]. The van der Waals surface area contributed by atoms with Gasteiger partial charge in [0.15, 0.2) is 0 Å². The molecule has 7 heteroatoms. The minimum atomic E-state index is -4.48. The Hall–Kier alpha value is 0.570. The molecule has 4 aliphatic rings. The molecule has 3 saturated carbocycles. The van der Waals surface area contributed by atoms with Crippen LogP contribution in [0.2, 0.25) is 0 Å². The molecular formula is C39H71NaO5S. The van der Waals surface area contributed by atoms with Gasteiger partial charge in [0, 0.05) is 0 Å². The fourth-order valence-corrected chi connectivity index (χ4v) is 10.7. The van der Waals surface area contributed by atoms with Crippen LogP contribution in [0.4, 0.5) is 0 Å². The van der Waals surface area contributed by atoms with Gasteiger partial charge in [0.1, 0.15) is 0 Å². The Morgan fingerprint density at radius 2 is 1.50 bits per heavy atom. The predicted octanol–water partition coefficient (Wildman–Crippen LogP) is 7.78. The van der Waals surface area contributed by atoms with E-state index in [1.807, 2.05) is 0 Å². The normalized spacial score (nSPS) is 32.7. The summed E-state index contributed by atoms with van der Waals surface area (Å²) in [5.74, 6) is 5.46. The Kier molecular flexibility index (Phi) is 19.0. The van der Waals surface area contributed by atoms with E-state index in [-0.39, 0.29) is 42.3 Å². The first-order valence-electron chi connectivity index (χ1n) is 19.3. The molecule has 0 aromatic carbocycles. The molecule has 0 aromatic heterocycles. The van der Waals surface area contributed by atoms with Crippen molar-refractivity contribution in [1.82, 2.24) is 0 Å². The largest absolute Gasteiger partial charge is 1.00 e. The molecule has 0 bridgehead atoms. The quantitative estimate of drug-likeness (QED) is 0.0560. The summed E-state index contributed by atoms with van der Waals surface area (Å²) in [6.07, 6.45) is 28.9. The molecule has 0 saturated heterocycles. The van der Waals surface area contributed by atoms with Crippen molar-refractivity contribution in [3.05, 3.63) is 11.6 Å². The number of hydrogen-bond acceptors (Lipinski definition) is 5. The first-order chi connectivity index (χ1) is 21.3. The van der Waals surface area contributed by atoms with Gasteiger partial charge in [-0.15, -0.1) is 0 Å². The van der Waals surface area contributed by atoms with Gasteiger partial charge < -0.3 is 9.66 Å². The summed E-state index contributed by atoms with van der Waals surface area (Å²) in [4.78, 5) is 0. The van der Waals surface area contributed by atoms with E-state index >= 15 is 0 Å². The zero-order chi connectivity index (χ0) is 33.1. The van der Waals surface area contributed by atoms with Crippen molar-refractivity contribution in [2.75, 3.05) is 6.61 Å². The average molecular weight is 675 g/mol. The Balaban J connectivity index is 0.000000356. The van der Waals surface area contributed by atoms with E-state index < -0.39 is 10.4 Å². The summed E-state index contributed by atoms with van der Waals surface area (Å²) in [6.45, 7) is 14.8. The van der Waals surface area contributed by atoms with Crippen molar-refractivity contribution >= 4 is 10.4 Å². The van der Waals surface area contributed by atoms with Crippen LogP contribution in [0.3, 0.4) is 0 Å².